The molecule has 2 aromatic carbocycles. The van der Waals surface area contributed by atoms with E-state index in [0.717, 1.165) is 6.42 Å². The lowest BCUT2D eigenvalue weighted by molar-refractivity contribution is -0.384. The Labute approximate surface area is 171 Å². The summed E-state index contributed by atoms with van der Waals surface area (Å²) in [6.07, 6.45) is 2.30. The van der Waals surface area contributed by atoms with E-state index in [-0.39, 0.29) is 27.9 Å². The Kier molecular flexibility index (Phi) is 6.13. The summed E-state index contributed by atoms with van der Waals surface area (Å²) in [5.74, 6) is 0.194. The Morgan fingerprint density at radius 1 is 1.31 bits per heavy atom. The molecule has 0 aliphatic carbocycles. The summed E-state index contributed by atoms with van der Waals surface area (Å²) < 4.78 is 16.3. The number of nitrogens with zero attached hydrogens (tertiary/aromatic N) is 2. The van der Waals surface area contributed by atoms with Crippen LogP contribution in [0.4, 0.5) is 5.69 Å². The lowest BCUT2D eigenvalue weighted by atomic mass is 10.1. The van der Waals surface area contributed by atoms with Crippen molar-refractivity contribution in [2.75, 3.05) is 13.7 Å². The van der Waals surface area contributed by atoms with E-state index in [1.54, 1.807) is 18.2 Å². The number of non-ortho nitro benzene ring substituents is 1. The minimum absolute atomic E-state index is 0.0113. The van der Waals surface area contributed by atoms with E-state index in [1.807, 2.05) is 6.92 Å². The molecule has 2 aromatic rings. The van der Waals surface area contributed by atoms with Crippen molar-refractivity contribution in [2.24, 2.45) is 4.99 Å². The number of para-hydroxylation sites is 1. The quantitative estimate of drug-likeness (QED) is 0.287. The zero-order valence-corrected chi connectivity index (χ0v) is 16.4. The summed E-state index contributed by atoms with van der Waals surface area (Å²) in [7, 11) is 1.52. The van der Waals surface area contributed by atoms with E-state index in [0.29, 0.717) is 23.7 Å². The van der Waals surface area contributed by atoms with Crippen molar-refractivity contribution < 1.29 is 23.9 Å². The van der Waals surface area contributed by atoms with Crippen LogP contribution in [0.25, 0.3) is 6.08 Å². The Balaban J connectivity index is 2.02. The molecule has 0 saturated carbocycles. The van der Waals surface area contributed by atoms with Crippen LogP contribution in [0, 0.1) is 10.1 Å². The van der Waals surface area contributed by atoms with Crippen LogP contribution >= 0.6 is 11.6 Å². The predicted octanol–water partition coefficient (Wildman–Crippen LogP) is 4.39. The first kappa shape index (κ1) is 20.3. The van der Waals surface area contributed by atoms with Crippen molar-refractivity contribution in [3.05, 3.63) is 68.4 Å². The van der Waals surface area contributed by atoms with Gasteiger partial charge in [0.25, 0.3) is 5.69 Å². The van der Waals surface area contributed by atoms with Crippen molar-refractivity contribution in [3.63, 3.8) is 0 Å². The van der Waals surface area contributed by atoms with Gasteiger partial charge in [0.2, 0.25) is 5.90 Å². The Morgan fingerprint density at radius 2 is 2.10 bits per heavy atom. The molecule has 9 heteroatoms. The number of halogens is 1. The molecule has 1 aliphatic heterocycles. The fourth-order valence-corrected chi connectivity index (χ4v) is 2.83. The van der Waals surface area contributed by atoms with Crippen molar-refractivity contribution in [1.82, 2.24) is 0 Å². The van der Waals surface area contributed by atoms with Gasteiger partial charge < -0.3 is 14.2 Å². The van der Waals surface area contributed by atoms with Gasteiger partial charge in [-0.25, -0.2) is 9.79 Å². The Morgan fingerprint density at radius 3 is 2.79 bits per heavy atom. The number of esters is 1. The summed E-state index contributed by atoms with van der Waals surface area (Å²) in [6.45, 7) is 2.44. The average molecular weight is 417 g/mol. The number of cyclic esters (lactones) is 1. The highest BCUT2D eigenvalue weighted by Gasteiger charge is 2.27. The molecule has 0 amide bonds. The number of carbonyl (C=O) groups excluding carboxylic acids is 1. The van der Waals surface area contributed by atoms with Gasteiger partial charge >= 0.3 is 5.97 Å². The van der Waals surface area contributed by atoms with E-state index in [1.165, 1.54) is 31.4 Å². The molecule has 8 nitrogen and oxygen atoms in total. The van der Waals surface area contributed by atoms with Crippen molar-refractivity contribution in [2.45, 2.75) is 13.3 Å². The SMILES string of the molecule is CCCOc1c(/C=C2\N=C(c3cc([N+](=O)[O-])ccc3Cl)OC2=O)cccc1OC. The zero-order chi connectivity index (χ0) is 21.0. The molecule has 150 valence electrons. The third kappa shape index (κ3) is 4.38. The molecular formula is C20H17ClN2O6. The number of benzene rings is 2. The van der Waals surface area contributed by atoms with Crippen molar-refractivity contribution >= 4 is 35.2 Å². The van der Waals surface area contributed by atoms with Gasteiger partial charge in [-0.2, -0.15) is 0 Å². The molecule has 1 aliphatic rings. The number of aliphatic imine (C=N–C) groups is 1. The summed E-state index contributed by atoms with van der Waals surface area (Å²) in [5.41, 5.74) is 0.561. The number of carbonyl (C=O) groups is 1. The second-order valence-electron chi connectivity index (χ2n) is 5.98. The second kappa shape index (κ2) is 8.74. The standard InChI is InChI=1S/C20H17ClN2O6/c1-3-9-28-18-12(5-4-6-17(18)27-2)10-16-20(24)29-19(22-16)14-11-13(23(25)26)7-8-15(14)21/h4-8,10-11H,3,9H2,1-2H3/b16-10-. The summed E-state index contributed by atoms with van der Waals surface area (Å²) in [5, 5.41) is 11.2. The number of methoxy groups -OCH3 is 1. The number of nitro benzene ring substituents is 1. The lowest BCUT2D eigenvalue weighted by Crippen LogP contribution is -2.06. The molecule has 0 saturated heterocycles. The van der Waals surface area contributed by atoms with Crippen LogP contribution in [0.5, 0.6) is 11.5 Å². The monoisotopic (exact) mass is 416 g/mol. The van der Waals surface area contributed by atoms with Gasteiger partial charge in [-0.3, -0.25) is 10.1 Å². The van der Waals surface area contributed by atoms with Crippen LogP contribution in [-0.2, 0) is 9.53 Å². The topological polar surface area (TPSA) is 100 Å². The zero-order valence-electron chi connectivity index (χ0n) is 15.7. The summed E-state index contributed by atoms with van der Waals surface area (Å²) in [4.78, 5) is 26.9. The van der Waals surface area contributed by atoms with E-state index in [4.69, 9.17) is 25.8 Å². The molecule has 1 heterocycles. The maximum Gasteiger partial charge on any atom is 0.363 e. The number of hydrogen-bond donors (Lipinski definition) is 0. The fourth-order valence-electron chi connectivity index (χ4n) is 2.63. The van der Waals surface area contributed by atoms with Gasteiger partial charge in [0.1, 0.15) is 0 Å². The van der Waals surface area contributed by atoms with E-state index in [9.17, 15) is 14.9 Å². The van der Waals surface area contributed by atoms with Crippen LogP contribution in [0.15, 0.2) is 47.1 Å². The fraction of sp³-hybridized carbons (Fsp3) is 0.200. The Bertz CT molecular complexity index is 1030. The number of nitro groups is 1. The van der Waals surface area contributed by atoms with Gasteiger partial charge in [-0.1, -0.05) is 30.7 Å². The molecule has 0 fully saturated rings. The van der Waals surface area contributed by atoms with Gasteiger partial charge in [-0.15, -0.1) is 0 Å². The van der Waals surface area contributed by atoms with Crippen LogP contribution in [0.2, 0.25) is 5.02 Å². The molecule has 3 rings (SSSR count). The molecule has 0 atom stereocenters. The van der Waals surface area contributed by atoms with Crippen LogP contribution in [0.3, 0.4) is 0 Å². The first-order valence-corrected chi connectivity index (χ1v) is 9.09. The number of ether oxygens (including phenoxy) is 3. The first-order chi connectivity index (χ1) is 13.9. The maximum absolute atomic E-state index is 12.3. The average Bonchev–Trinajstić information content (AvgIpc) is 3.07. The van der Waals surface area contributed by atoms with Crippen molar-refractivity contribution in [3.8, 4) is 11.5 Å². The van der Waals surface area contributed by atoms with Crippen molar-refractivity contribution in [1.29, 1.82) is 0 Å². The largest absolute Gasteiger partial charge is 0.493 e. The molecule has 0 N–H and O–H groups in total. The molecule has 0 unspecified atom stereocenters. The highest BCUT2D eigenvalue weighted by atomic mass is 35.5. The third-order valence-corrected chi connectivity index (χ3v) is 4.31. The molecule has 0 bridgehead atoms. The lowest BCUT2D eigenvalue weighted by Gasteiger charge is -2.12. The smallest absolute Gasteiger partial charge is 0.363 e. The predicted molar refractivity (Wildman–Crippen MR) is 107 cm³/mol. The molecule has 0 radical (unpaired) electrons. The minimum Gasteiger partial charge on any atom is -0.493 e. The van der Waals surface area contributed by atoms with Gasteiger partial charge in [0, 0.05) is 17.7 Å². The molecule has 0 spiro atoms. The summed E-state index contributed by atoms with van der Waals surface area (Å²) in [6, 6.07) is 9.07. The van der Waals surface area contributed by atoms with Crippen LogP contribution in [0.1, 0.15) is 24.5 Å². The third-order valence-electron chi connectivity index (χ3n) is 3.98. The highest BCUT2D eigenvalue weighted by molar-refractivity contribution is 6.34. The molecular weight excluding hydrogens is 400 g/mol. The number of hydrogen-bond acceptors (Lipinski definition) is 7. The van der Waals surface area contributed by atoms with E-state index in [2.05, 4.69) is 4.99 Å². The number of rotatable bonds is 7. The van der Waals surface area contributed by atoms with Crippen LogP contribution < -0.4 is 9.47 Å². The molecule has 0 aromatic heterocycles. The second-order valence-corrected chi connectivity index (χ2v) is 6.39. The summed E-state index contributed by atoms with van der Waals surface area (Å²) >= 11 is 6.11. The van der Waals surface area contributed by atoms with Gasteiger partial charge in [0.05, 0.1) is 29.2 Å². The van der Waals surface area contributed by atoms with E-state index >= 15 is 0 Å². The van der Waals surface area contributed by atoms with Crippen LogP contribution in [-0.4, -0.2) is 30.5 Å². The Hall–Kier alpha value is -3.39. The molecule has 29 heavy (non-hydrogen) atoms. The van der Waals surface area contributed by atoms with Gasteiger partial charge in [0.15, 0.2) is 17.2 Å². The van der Waals surface area contributed by atoms with Gasteiger partial charge in [-0.05, 0) is 24.6 Å². The first-order valence-electron chi connectivity index (χ1n) is 8.71. The normalized spacial score (nSPS) is 14.5. The minimum atomic E-state index is -0.702. The highest BCUT2D eigenvalue weighted by Crippen LogP contribution is 2.34. The maximum atomic E-state index is 12.3. The van der Waals surface area contributed by atoms with E-state index < -0.39 is 10.9 Å².